The molecule has 2 aromatic heterocycles. The molecule has 2 heterocycles. The molecule has 26 heavy (non-hydrogen) atoms. The molecule has 0 amide bonds. The third kappa shape index (κ3) is 2.66. The van der Waals surface area contributed by atoms with E-state index in [0.717, 1.165) is 42.2 Å². The fourth-order valence-electron chi connectivity index (χ4n) is 3.46. The number of aromatic amines is 1. The third-order valence-corrected chi connectivity index (χ3v) is 6.01. The van der Waals surface area contributed by atoms with Crippen molar-refractivity contribution in [2.45, 2.75) is 32.2 Å². The predicted octanol–water partition coefficient (Wildman–Crippen LogP) is 2.52. The quantitative estimate of drug-likeness (QED) is 0.737. The van der Waals surface area contributed by atoms with Crippen molar-refractivity contribution >= 4 is 27.5 Å². The second-order valence-corrected chi connectivity index (χ2v) is 7.44. The van der Waals surface area contributed by atoms with Crippen LogP contribution in [-0.4, -0.2) is 20.6 Å². The van der Waals surface area contributed by atoms with E-state index in [1.165, 1.54) is 28.0 Å². The van der Waals surface area contributed by atoms with Crippen molar-refractivity contribution in [2.75, 3.05) is 0 Å². The maximum Gasteiger partial charge on any atom is 0.338 e. The van der Waals surface area contributed by atoms with Crippen molar-refractivity contribution in [3.05, 3.63) is 66.4 Å². The first kappa shape index (κ1) is 16.7. The largest absolute Gasteiger partial charge is 0.478 e. The molecule has 0 spiro atoms. The lowest BCUT2D eigenvalue weighted by Crippen LogP contribution is -2.30. The topological polar surface area (TPSA) is 92.2 Å². The molecule has 0 aliphatic heterocycles. The van der Waals surface area contributed by atoms with Crippen LogP contribution in [0.3, 0.4) is 0 Å². The standard InChI is InChI=1S/C18H15FN2O4S/c19-12-6-5-9(7-11(12)17(23)24)8-21-16-14(15(22)20-18(21)25)10-3-1-2-4-13(10)26-16/h5-7H,1-4,8H2,(H,23,24)(H,20,22,25). The number of H-pyrrole nitrogens is 1. The molecule has 6 nitrogen and oxygen atoms in total. The highest BCUT2D eigenvalue weighted by molar-refractivity contribution is 7.18. The number of aromatic carboxylic acids is 1. The Morgan fingerprint density at radius 2 is 2.04 bits per heavy atom. The number of halogens is 1. The molecule has 8 heteroatoms. The van der Waals surface area contributed by atoms with E-state index >= 15 is 0 Å². The molecule has 0 atom stereocenters. The summed E-state index contributed by atoms with van der Waals surface area (Å²) in [5.41, 5.74) is 0.108. The number of fused-ring (bicyclic) bond motifs is 3. The van der Waals surface area contributed by atoms with Gasteiger partial charge in [-0.15, -0.1) is 11.3 Å². The van der Waals surface area contributed by atoms with Gasteiger partial charge in [0, 0.05) is 4.88 Å². The van der Waals surface area contributed by atoms with Crippen LogP contribution in [-0.2, 0) is 19.4 Å². The number of carbonyl (C=O) groups is 1. The monoisotopic (exact) mass is 374 g/mol. The Labute approximate surface area is 150 Å². The number of benzene rings is 1. The number of carboxylic acids is 1. The highest BCUT2D eigenvalue weighted by Gasteiger charge is 2.21. The van der Waals surface area contributed by atoms with Gasteiger partial charge in [-0.05, 0) is 48.9 Å². The highest BCUT2D eigenvalue weighted by atomic mass is 32.1. The third-order valence-electron chi connectivity index (χ3n) is 4.69. The first-order chi connectivity index (χ1) is 12.5. The molecule has 1 aliphatic carbocycles. The minimum atomic E-state index is -1.37. The van der Waals surface area contributed by atoms with E-state index in [9.17, 15) is 18.8 Å². The summed E-state index contributed by atoms with van der Waals surface area (Å²) >= 11 is 1.44. The fourth-order valence-corrected chi connectivity index (χ4v) is 4.84. The molecule has 0 saturated carbocycles. The SMILES string of the molecule is O=C(O)c1cc(Cn2c(=O)[nH]c(=O)c3c4c(sc32)CCCC4)ccc1F. The van der Waals surface area contributed by atoms with Crippen LogP contribution in [0.15, 0.2) is 27.8 Å². The van der Waals surface area contributed by atoms with Crippen LogP contribution in [0, 0.1) is 5.82 Å². The Morgan fingerprint density at radius 3 is 2.81 bits per heavy atom. The van der Waals surface area contributed by atoms with Gasteiger partial charge in [-0.25, -0.2) is 14.0 Å². The molecule has 3 aromatic rings. The van der Waals surface area contributed by atoms with Crippen LogP contribution in [0.1, 0.15) is 39.2 Å². The normalized spacial score (nSPS) is 13.7. The first-order valence-corrected chi connectivity index (χ1v) is 9.06. The molecular weight excluding hydrogens is 359 g/mol. The summed E-state index contributed by atoms with van der Waals surface area (Å²) in [5.74, 6) is -2.19. The number of aryl methyl sites for hydroxylation is 2. The summed E-state index contributed by atoms with van der Waals surface area (Å²) in [6, 6.07) is 3.74. The minimum absolute atomic E-state index is 0.0616. The molecule has 0 radical (unpaired) electrons. The molecule has 0 fully saturated rings. The minimum Gasteiger partial charge on any atom is -0.478 e. The average molecular weight is 374 g/mol. The van der Waals surface area contributed by atoms with Gasteiger partial charge in [0.25, 0.3) is 5.56 Å². The van der Waals surface area contributed by atoms with Gasteiger partial charge < -0.3 is 5.11 Å². The van der Waals surface area contributed by atoms with Gasteiger partial charge in [0.05, 0.1) is 17.5 Å². The smallest absolute Gasteiger partial charge is 0.338 e. The number of aromatic nitrogens is 2. The van der Waals surface area contributed by atoms with Crippen molar-refractivity contribution in [2.24, 2.45) is 0 Å². The average Bonchev–Trinajstić information content (AvgIpc) is 2.99. The number of rotatable bonds is 3. The van der Waals surface area contributed by atoms with Crippen molar-refractivity contribution in [1.82, 2.24) is 9.55 Å². The molecule has 0 saturated heterocycles. The Morgan fingerprint density at radius 1 is 1.27 bits per heavy atom. The summed E-state index contributed by atoms with van der Waals surface area (Å²) in [7, 11) is 0. The lowest BCUT2D eigenvalue weighted by atomic mass is 9.97. The van der Waals surface area contributed by atoms with Gasteiger partial charge in [0.2, 0.25) is 0 Å². The molecule has 0 bridgehead atoms. The van der Waals surface area contributed by atoms with Crippen LogP contribution in [0.5, 0.6) is 0 Å². The number of nitrogens with zero attached hydrogens (tertiary/aromatic N) is 1. The maximum absolute atomic E-state index is 13.6. The van der Waals surface area contributed by atoms with Gasteiger partial charge >= 0.3 is 11.7 Å². The van der Waals surface area contributed by atoms with Crippen molar-refractivity contribution in [3.63, 3.8) is 0 Å². The van der Waals surface area contributed by atoms with E-state index in [4.69, 9.17) is 5.11 Å². The number of hydrogen-bond donors (Lipinski definition) is 2. The van der Waals surface area contributed by atoms with Gasteiger partial charge in [-0.3, -0.25) is 14.3 Å². The van der Waals surface area contributed by atoms with E-state index in [1.54, 1.807) is 0 Å². The lowest BCUT2D eigenvalue weighted by molar-refractivity contribution is 0.0691. The van der Waals surface area contributed by atoms with Gasteiger partial charge in [-0.1, -0.05) is 6.07 Å². The molecule has 1 aliphatic rings. The summed E-state index contributed by atoms with van der Waals surface area (Å²) in [5, 5.41) is 9.62. The second kappa shape index (κ2) is 6.21. The van der Waals surface area contributed by atoms with E-state index in [1.807, 2.05) is 0 Å². The Bertz CT molecular complexity index is 1160. The number of carboxylic acid groups (broad SMARTS) is 1. The molecule has 2 N–H and O–H groups in total. The molecule has 4 rings (SSSR count). The lowest BCUT2D eigenvalue weighted by Gasteiger charge is -2.10. The predicted molar refractivity (Wildman–Crippen MR) is 95.8 cm³/mol. The molecule has 1 aromatic carbocycles. The highest BCUT2D eigenvalue weighted by Crippen LogP contribution is 2.34. The van der Waals surface area contributed by atoms with Crippen LogP contribution < -0.4 is 11.2 Å². The first-order valence-electron chi connectivity index (χ1n) is 8.25. The number of hydrogen-bond acceptors (Lipinski definition) is 4. The van der Waals surface area contributed by atoms with E-state index in [-0.39, 0.29) is 12.1 Å². The van der Waals surface area contributed by atoms with Crippen LogP contribution in [0.25, 0.3) is 10.2 Å². The molecule has 0 unspecified atom stereocenters. The van der Waals surface area contributed by atoms with E-state index < -0.39 is 23.0 Å². The Kier molecular flexibility index (Phi) is 3.99. The van der Waals surface area contributed by atoms with Gasteiger partial charge in [-0.2, -0.15) is 0 Å². The van der Waals surface area contributed by atoms with Gasteiger partial charge in [0.1, 0.15) is 10.6 Å². The maximum atomic E-state index is 13.6. The zero-order valence-electron chi connectivity index (χ0n) is 13.7. The van der Waals surface area contributed by atoms with Crippen LogP contribution in [0.4, 0.5) is 4.39 Å². The fraction of sp³-hybridized carbons (Fsp3) is 0.278. The molecule has 134 valence electrons. The number of nitrogens with one attached hydrogen (secondary N) is 1. The van der Waals surface area contributed by atoms with Crippen molar-refractivity contribution < 1.29 is 14.3 Å². The zero-order chi connectivity index (χ0) is 18.4. The van der Waals surface area contributed by atoms with Gasteiger partial charge in [0.15, 0.2) is 0 Å². The second-order valence-electron chi connectivity index (χ2n) is 6.36. The Balaban J connectivity index is 1.89. The summed E-state index contributed by atoms with van der Waals surface area (Å²) in [6.07, 6.45) is 3.78. The van der Waals surface area contributed by atoms with E-state index in [2.05, 4.69) is 4.98 Å². The van der Waals surface area contributed by atoms with Crippen LogP contribution in [0.2, 0.25) is 0 Å². The van der Waals surface area contributed by atoms with Crippen LogP contribution >= 0.6 is 11.3 Å². The summed E-state index contributed by atoms with van der Waals surface area (Å²) in [4.78, 5) is 39.9. The van der Waals surface area contributed by atoms with Crippen molar-refractivity contribution in [1.29, 1.82) is 0 Å². The zero-order valence-corrected chi connectivity index (χ0v) is 14.5. The Hall–Kier alpha value is -2.74. The summed E-state index contributed by atoms with van der Waals surface area (Å²) in [6.45, 7) is 0.0616. The summed E-state index contributed by atoms with van der Waals surface area (Å²) < 4.78 is 15.0. The van der Waals surface area contributed by atoms with Crippen molar-refractivity contribution in [3.8, 4) is 0 Å². The van der Waals surface area contributed by atoms with E-state index in [0.29, 0.717) is 15.8 Å². The number of thiophene rings is 1. The molecular formula is C18H15FN2O4S.